The Bertz CT molecular complexity index is 1030. The van der Waals surface area contributed by atoms with Crippen LogP contribution in [0.1, 0.15) is 27.7 Å². The van der Waals surface area contributed by atoms with Crippen LogP contribution < -0.4 is 0 Å². The van der Waals surface area contributed by atoms with Crippen LogP contribution in [0.3, 0.4) is 0 Å². The zero-order valence-electron chi connectivity index (χ0n) is 18.6. The standard InChI is InChI=1S/C24H25IO7S/c1-13-21(30-14(2)26)22(31-15(3)27)23(32-16(4)28)24(29-13)33-20-12-8-6-10-18(20)17-9-5-7-11-19(17)25/h5-13,21-24H,1-4H3/t13-,21-,22+,23+,24?/m0/s1. The van der Waals surface area contributed by atoms with Gasteiger partial charge in [0.05, 0.1) is 6.10 Å². The van der Waals surface area contributed by atoms with Crippen molar-refractivity contribution in [2.75, 3.05) is 0 Å². The van der Waals surface area contributed by atoms with Gasteiger partial charge in [0.2, 0.25) is 0 Å². The Morgan fingerprint density at radius 3 is 1.91 bits per heavy atom. The van der Waals surface area contributed by atoms with Crippen molar-refractivity contribution in [1.29, 1.82) is 0 Å². The van der Waals surface area contributed by atoms with E-state index in [-0.39, 0.29) is 0 Å². The monoisotopic (exact) mass is 584 g/mol. The SMILES string of the molecule is CC(=O)O[C@@H]1[C@@H](OC(C)=O)[C@@H](OC(C)=O)C(Sc2ccccc2-c2ccccc2I)O[C@H]1C. The van der Waals surface area contributed by atoms with Crippen LogP contribution in [0, 0.1) is 3.57 Å². The predicted octanol–water partition coefficient (Wildman–Crippen LogP) is 4.59. The molecule has 0 bridgehead atoms. The highest BCUT2D eigenvalue weighted by Crippen LogP contribution is 2.41. The van der Waals surface area contributed by atoms with Gasteiger partial charge >= 0.3 is 17.9 Å². The van der Waals surface area contributed by atoms with Crippen molar-refractivity contribution >= 4 is 52.3 Å². The molecule has 1 aliphatic rings. The first-order valence-electron chi connectivity index (χ1n) is 10.3. The summed E-state index contributed by atoms with van der Waals surface area (Å²) in [6, 6.07) is 15.8. The number of carbonyl (C=O) groups excluding carboxylic acids is 3. The van der Waals surface area contributed by atoms with E-state index in [1.807, 2.05) is 48.5 Å². The lowest BCUT2D eigenvalue weighted by atomic mass is 10.00. The first-order valence-corrected chi connectivity index (χ1v) is 12.3. The minimum absolute atomic E-state index is 0.552. The molecule has 0 amide bonds. The van der Waals surface area contributed by atoms with Crippen molar-refractivity contribution in [2.45, 2.75) is 62.4 Å². The maximum atomic E-state index is 11.9. The molecule has 1 aliphatic heterocycles. The molecule has 9 heteroatoms. The van der Waals surface area contributed by atoms with Crippen molar-refractivity contribution in [2.24, 2.45) is 0 Å². The molecule has 0 radical (unpaired) electrons. The van der Waals surface area contributed by atoms with Gasteiger partial charge in [-0.1, -0.05) is 48.2 Å². The van der Waals surface area contributed by atoms with Crippen molar-refractivity contribution < 1.29 is 33.3 Å². The summed E-state index contributed by atoms with van der Waals surface area (Å²) in [5.74, 6) is -1.69. The van der Waals surface area contributed by atoms with Crippen molar-refractivity contribution in [3.63, 3.8) is 0 Å². The summed E-state index contributed by atoms with van der Waals surface area (Å²) in [6.45, 7) is 5.51. The van der Waals surface area contributed by atoms with E-state index in [1.54, 1.807) is 6.92 Å². The van der Waals surface area contributed by atoms with E-state index in [0.717, 1.165) is 19.6 Å². The second-order valence-corrected chi connectivity index (χ2v) is 9.83. The Kier molecular flexibility index (Phi) is 8.77. The van der Waals surface area contributed by atoms with Crippen LogP contribution in [0.4, 0.5) is 0 Å². The lowest BCUT2D eigenvalue weighted by molar-refractivity contribution is -0.229. The summed E-state index contributed by atoms with van der Waals surface area (Å²) in [5.41, 5.74) is 1.35. The third-order valence-electron chi connectivity index (χ3n) is 4.93. The number of carbonyl (C=O) groups is 3. The average molecular weight is 584 g/mol. The highest BCUT2D eigenvalue weighted by Gasteiger charge is 2.50. The van der Waals surface area contributed by atoms with Gasteiger partial charge in [-0.25, -0.2) is 0 Å². The number of rotatable bonds is 6. The zero-order valence-corrected chi connectivity index (χ0v) is 21.6. The van der Waals surface area contributed by atoms with Crippen LogP contribution in [-0.2, 0) is 33.3 Å². The molecule has 0 N–H and O–H groups in total. The Balaban J connectivity index is 2.00. The van der Waals surface area contributed by atoms with E-state index < -0.39 is 47.8 Å². The molecule has 1 saturated heterocycles. The summed E-state index contributed by atoms with van der Waals surface area (Å²) in [7, 11) is 0. The fourth-order valence-electron chi connectivity index (χ4n) is 3.66. The Morgan fingerprint density at radius 2 is 1.30 bits per heavy atom. The summed E-state index contributed by atoms with van der Waals surface area (Å²) < 4.78 is 23.7. The fourth-order valence-corrected chi connectivity index (χ4v) is 5.63. The number of benzene rings is 2. The van der Waals surface area contributed by atoms with Crippen LogP contribution >= 0.6 is 34.4 Å². The van der Waals surface area contributed by atoms with Gasteiger partial charge in [-0.3, -0.25) is 14.4 Å². The summed E-state index contributed by atoms with van der Waals surface area (Å²) in [4.78, 5) is 36.4. The maximum absolute atomic E-state index is 11.9. The molecule has 0 aliphatic carbocycles. The van der Waals surface area contributed by atoms with Gasteiger partial charge < -0.3 is 18.9 Å². The van der Waals surface area contributed by atoms with E-state index in [2.05, 4.69) is 22.6 Å². The van der Waals surface area contributed by atoms with Crippen LogP contribution in [0.25, 0.3) is 11.1 Å². The molecule has 0 saturated carbocycles. The van der Waals surface area contributed by atoms with Gasteiger partial charge in [0.25, 0.3) is 0 Å². The van der Waals surface area contributed by atoms with Crippen LogP contribution in [0.2, 0.25) is 0 Å². The largest absolute Gasteiger partial charge is 0.456 e. The zero-order chi connectivity index (χ0) is 24.1. The summed E-state index contributed by atoms with van der Waals surface area (Å²) in [6.07, 6.45) is -3.52. The molecule has 5 atom stereocenters. The van der Waals surface area contributed by atoms with E-state index in [9.17, 15) is 14.4 Å². The van der Waals surface area contributed by atoms with Gasteiger partial charge in [-0.2, -0.15) is 0 Å². The summed E-state index contributed by atoms with van der Waals surface area (Å²) >= 11 is 3.65. The molecule has 3 rings (SSSR count). The van der Waals surface area contributed by atoms with E-state index in [1.165, 1.54) is 32.5 Å². The lowest BCUT2D eigenvalue weighted by Crippen LogP contribution is -2.59. The highest BCUT2D eigenvalue weighted by molar-refractivity contribution is 14.1. The van der Waals surface area contributed by atoms with Gasteiger partial charge in [0.15, 0.2) is 18.3 Å². The predicted molar refractivity (Wildman–Crippen MR) is 131 cm³/mol. The second-order valence-electron chi connectivity index (χ2n) is 7.53. The molecule has 2 aromatic rings. The van der Waals surface area contributed by atoms with E-state index in [0.29, 0.717) is 0 Å². The third-order valence-corrected chi connectivity index (χ3v) is 7.09. The molecule has 2 aromatic carbocycles. The first-order chi connectivity index (χ1) is 15.7. The van der Waals surface area contributed by atoms with Gasteiger partial charge in [0.1, 0.15) is 5.44 Å². The van der Waals surface area contributed by atoms with Gasteiger partial charge in [-0.05, 0) is 52.8 Å². The first kappa shape index (κ1) is 25.5. The number of hydrogen-bond acceptors (Lipinski definition) is 8. The molecule has 1 heterocycles. The smallest absolute Gasteiger partial charge is 0.303 e. The highest BCUT2D eigenvalue weighted by atomic mass is 127. The molecule has 1 fully saturated rings. The third kappa shape index (κ3) is 6.48. The molecule has 0 spiro atoms. The maximum Gasteiger partial charge on any atom is 0.303 e. The van der Waals surface area contributed by atoms with Gasteiger partial charge in [-0.15, -0.1) is 0 Å². The fraction of sp³-hybridized carbons (Fsp3) is 0.375. The normalized spacial score (nSPS) is 24.6. The average Bonchev–Trinajstić information content (AvgIpc) is 2.73. The lowest BCUT2D eigenvalue weighted by Gasteiger charge is -2.43. The summed E-state index contributed by atoms with van der Waals surface area (Å²) in [5, 5.41) is 0. The minimum Gasteiger partial charge on any atom is -0.456 e. The molecule has 176 valence electrons. The molecule has 7 nitrogen and oxygen atoms in total. The number of thioether (sulfide) groups is 1. The topological polar surface area (TPSA) is 88.1 Å². The quantitative estimate of drug-likeness (QED) is 0.277. The van der Waals surface area contributed by atoms with Crippen molar-refractivity contribution in [3.05, 3.63) is 52.1 Å². The molecular weight excluding hydrogens is 559 g/mol. The number of ether oxygens (including phenoxy) is 4. The molecule has 33 heavy (non-hydrogen) atoms. The molecule has 1 unspecified atom stereocenters. The van der Waals surface area contributed by atoms with Gasteiger partial charge in [0, 0.05) is 29.2 Å². The Labute approximate surface area is 210 Å². The molecule has 0 aromatic heterocycles. The molecular formula is C24H25IO7S. The van der Waals surface area contributed by atoms with Crippen LogP contribution in [-0.4, -0.2) is 47.8 Å². The number of halogens is 1. The van der Waals surface area contributed by atoms with Crippen LogP contribution in [0.15, 0.2) is 53.4 Å². The van der Waals surface area contributed by atoms with Crippen LogP contribution in [0.5, 0.6) is 0 Å². The van der Waals surface area contributed by atoms with E-state index >= 15 is 0 Å². The van der Waals surface area contributed by atoms with Crippen molar-refractivity contribution in [3.8, 4) is 11.1 Å². The number of hydrogen-bond donors (Lipinski definition) is 0. The Hall–Kier alpha value is -2.11. The second kappa shape index (κ2) is 11.3. The number of esters is 3. The van der Waals surface area contributed by atoms with Crippen molar-refractivity contribution in [1.82, 2.24) is 0 Å². The Morgan fingerprint density at radius 1 is 0.788 bits per heavy atom. The van der Waals surface area contributed by atoms with E-state index in [4.69, 9.17) is 18.9 Å². The minimum atomic E-state index is -1.01.